The molecule has 0 unspecified atom stereocenters. The van der Waals surface area contributed by atoms with Crippen LogP contribution in [0.5, 0.6) is 0 Å². The lowest BCUT2D eigenvalue weighted by atomic mass is 9.49. The second-order valence-corrected chi connectivity index (χ2v) is 7.49. The topological polar surface area (TPSA) is 58.6 Å². The van der Waals surface area contributed by atoms with E-state index < -0.39 is 0 Å². The molecule has 5 heteroatoms. The lowest BCUT2D eigenvalue weighted by molar-refractivity contribution is -0.00851. The molecule has 4 aliphatic carbocycles. The zero-order valence-electron chi connectivity index (χ0n) is 11.2. The van der Waals surface area contributed by atoms with Gasteiger partial charge in [0.05, 0.1) is 0 Å². The zero-order chi connectivity index (χ0) is 13.0. The van der Waals surface area contributed by atoms with Crippen molar-refractivity contribution in [1.82, 2.24) is 15.2 Å². The van der Waals surface area contributed by atoms with Gasteiger partial charge in [-0.25, -0.2) is 0 Å². The number of aromatic nitrogens is 3. The number of hydrogen-bond donors (Lipinski definition) is 1. The number of nitrogens with one attached hydrogen (secondary N) is 1. The fourth-order valence-electron chi connectivity index (χ4n) is 5.16. The van der Waals surface area contributed by atoms with Crippen LogP contribution in [0.25, 0.3) is 0 Å². The van der Waals surface area contributed by atoms with Crippen molar-refractivity contribution < 1.29 is 0 Å². The molecule has 4 saturated carbocycles. The Kier molecular flexibility index (Phi) is 2.56. The zero-order valence-corrected chi connectivity index (χ0v) is 12.0. The van der Waals surface area contributed by atoms with Crippen LogP contribution in [0.15, 0.2) is 9.95 Å². The van der Waals surface area contributed by atoms with E-state index in [1.54, 1.807) is 0 Å². The Morgan fingerprint density at radius 1 is 1.16 bits per heavy atom. The average molecular weight is 277 g/mol. The molecule has 1 N–H and O–H groups in total. The molecule has 4 fully saturated rings. The van der Waals surface area contributed by atoms with Crippen LogP contribution in [0.4, 0.5) is 0 Å². The van der Waals surface area contributed by atoms with E-state index in [-0.39, 0.29) is 11.0 Å². The highest BCUT2D eigenvalue weighted by molar-refractivity contribution is 7.98. The van der Waals surface area contributed by atoms with Gasteiger partial charge in [0.1, 0.15) is 5.69 Å². The van der Waals surface area contributed by atoms with Crippen LogP contribution >= 0.6 is 11.8 Å². The van der Waals surface area contributed by atoms with Gasteiger partial charge in [-0.2, -0.15) is 10.1 Å². The number of nitrogens with zero attached hydrogens (tertiary/aromatic N) is 2. The van der Waals surface area contributed by atoms with Crippen molar-refractivity contribution in [2.45, 2.75) is 49.1 Å². The average Bonchev–Trinajstić information content (AvgIpc) is 2.36. The fourth-order valence-corrected chi connectivity index (χ4v) is 5.47. The molecule has 0 radical (unpaired) electrons. The van der Waals surface area contributed by atoms with Crippen molar-refractivity contribution in [3.63, 3.8) is 0 Å². The summed E-state index contributed by atoms with van der Waals surface area (Å²) >= 11 is 1.44. The molecule has 0 amide bonds. The van der Waals surface area contributed by atoms with Gasteiger partial charge < -0.3 is 0 Å². The van der Waals surface area contributed by atoms with Crippen molar-refractivity contribution in [2.75, 3.05) is 6.26 Å². The van der Waals surface area contributed by atoms with Gasteiger partial charge in [0, 0.05) is 5.41 Å². The molecule has 4 nitrogen and oxygen atoms in total. The van der Waals surface area contributed by atoms with E-state index in [4.69, 9.17) is 0 Å². The minimum atomic E-state index is -0.0925. The first-order chi connectivity index (χ1) is 9.18. The Morgan fingerprint density at radius 3 is 2.21 bits per heavy atom. The summed E-state index contributed by atoms with van der Waals surface area (Å²) in [4.78, 5) is 16.4. The van der Waals surface area contributed by atoms with Crippen LogP contribution in [0.1, 0.15) is 44.2 Å². The molecular weight excluding hydrogens is 258 g/mol. The summed E-state index contributed by atoms with van der Waals surface area (Å²) in [5, 5.41) is 8.00. The molecule has 19 heavy (non-hydrogen) atoms. The Balaban J connectivity index is 1.77. The Bertz CT molecular complexity index is 533. The first-order valence-electron chi connectivity index (χ1n) is 7.20. The lowest BCUT2D eigenvalue weighted by Gasteiger charge is -2.55. The van der Waals surface area contributed by atoms with Crippen molar-refractivity contribution in [3.8, 4) is 0 Å². The van der Waals surface area contributed by atoms with Crippen LogP contribution in [0, 0.1) is 17.8 Å². The normalized spacial score (nSPS) is 39.7. The molecular formula is C14H19N3OS. The van der Waals surface area contributed by atoms with Crippen molar-refractivity contribution in [1.29, 1.82) is 0 Å². The Labute approximate surface area is 116 Å². The van der Waals surface area contributed by atoms with E-state index >= 15 is 0 Å². The minimum Gasteiger partial charge on any atom is -0.265 e. The smallest absolute Gasteiger partial charge is 0.265 e. The highest BCUT2D eigenvalue weighted by Gasteiger charge is 2.53. The van der Waals surface area contributed by atoms with Gasteiger partial charge in [0.15, 0.2) is 5.16 Å². The predicted octanol–water partition coefficient (Wildman–Crippen LogP) is 2.35. The van der Waals surface area contributed by atoms with Crippen LogP contribution in [-0.2, 0) is 5.41 Å². The number of thioether (sulfide) groups is 1. The third-order valence-corrected chi connectivity index (χ3v) is 5.97. The number of rotatable bonds is 2. The second kappa shape index (κ2) is 4.08. The summed E-state index contributed by atoms with van der Waals surface area (Å²) in [5.74, 6) is 2.48. The highest BCUT2D eigenvalue weighted by atomic mass is 32.2. The molecule has 0 aromatic carbocycles. The monoisotopic (exact) mass is 277 g/mol. The van der Waals surface area contributed by atoms with Crippen LogP contribution in [0.3, 0.4) is 0 Å². The Hall–Kier alpha value is -0.840. The van der Waals surface area contributed by atoms with Crippen LogP contribution in [-0.4, -0.2) is 21.4 Å². The number of H-pyrrole nitrogens is 1. The first-order valence-corrected chi connectivity index (χ1v) is 8.42. The van der Waals surface area contributed by atoms with Gasteiger partial charge in [0.2, 0.25) is 0 Å². The molecule has 0 aliphatic heterocycles. The summed E-state index contributed by atoms with van der Waals surface area (Å²) in [6.07, 6.45) is 9.54. The standard InChI is InChI=1S/C14H19N3OS/c1-19-13-15-12(18)11(16-17-13)14-5-8-2-9(6-14)4-10(3-8)7-14/h8-10H,2-7H2,1H3,(H,15,17,18). The van der Waals surface area contributed by atoms with Crippen molar-refractivity contribution in [2.24, 2.45) is 17.8 Å². The molecule has 0 atom stereocenters. The van der Waals surface area contributed by atoms with Crippen LogP contribution in [0.2, 0.25) is 0 Å². The molecule has 5 rings (SSSR count). The molecule has 102 valence electrons. The third-order valence-electron chi connectivity index (χ3n) is 5.40. The van der Waals surface area contributed by atoms with Gasteiger partial charge in [-0.15, -0.1) is 0 Å². The lowest BCUT2D eigenvalue weighted by Crippen LogP contribution is -2.51. The van der Waals surface area contributed by atoms with Gasteiger partial charge in [-0.3, -0.25) is 9.89 Å². The van der Waals surface area contributed by atoms with Gasteiger partial charge in [-0.1, -0.05) is 11.8 Å². The van der Waals surface area contributed by atoms with Crippen LogP contribution < -0.4 is 5.56 Å². The van der Waals surface area contributed by atoms with E-state index in [9.17, 15) is 4.79 Å². The van der Waals surface area contributed by atoms with E-state index in [1.165, 1.54) is 31.0 Å². The van der Waals surface area contributed by atoms with Crippen molar-refractivity contribution >= 4 is 11.8 Å². The molecule has 0 saturated heterocycles. The van der Waals surface area contributed by atoms with E-state index in [1.807, 2.05) is 6.26 Å². The maximum absolute atomic E-state index is 12.3. The molecule has 1 aromatic heterocycles. The van der Waals surface area contributed by atoms with E-state index in [0.29, 0.717) is 5.16 Å². The highest BCUT2D eigenvalue weighted by Crippen LogP contribution is 2.59. The number of hydrogen-bond acceptors (Lipinski definition) is 4. The summed E-state index contributed by atoms with van der Waals surface area (Å²) < 4.78 is 0. The van der Waals surface area contributed by atoms with Crippen molar-refractivity contribution in [3.05, 3.63) is 16.0 Å². The predicted molar refractivity (Wildman–Crippen MR) is 74.3 cm³/mol. The first kappa shape index (κ1) is 11.9. The van der Waals surface area contributed by atoms with E-state index in [0.717, 1.165) is 42.7 Å². The summed E-state index contributed by atoms with van der Waals surface area (Å²) in [7, 11) is 0. The molecule has 0 spiro atoms. The summed E-state index contributed by atoms with van der Waals surface area (Å²) in [6, 6.07) is 0. The summed E-state index contributed by atoms with van der Waals surface area (Å²) in [5.41, 5.74) is 0.682. The largest absolute Gasteiger partial charge is 0.296 e. The molecule has 1 aromatic rings. The SMILES string of the molecule is CSc1nc(=O)c(C23CC4CC(CC(C4)C2)C3)n[nH]1. The molecule has 1 heterocycles. The molecule has 4 aliphatic rings. The van der Waals surface area contributed by atoms with Gasteiger partial charge in [0.25, 0.3) is 5.56 Å². The minimum absolute atomic E-state index is 0.0479. The van der Waals surface area contributed by atoms with Gasteiger partial charge in [-0.05, 0) is 62.5 Å². The molecule has 4 bridgehead atoms. The number of aromatic amines is 1. The summed E-state index contributed by atoms with van der Waals surface area (Å²) in [6.45, 7) is 0. The quantitative estimate of drug-likeness (QED) is 0.843. The second-order valence-electron chi connectivity index (χ2n) is 6.70. The Morgan fingerprint density at radius 2 is 1.74 bits per heavy atom. The third kappa shape index (κ3) is 1.77. The van der Waals surface area contributed by atoms with E-state index in [2.05, 4.69) is 15.2 Å². The maximum Gasteiger partial charge on any atom is 0.296 e. The van der Waals surface area contributed by atoms with Gasteiger partial charge >= 0.3 is 0 Å². The maximum atomic E-state index is 12.3. The fraction of sp³-hybridized carbons (Fsp3) is 0.786.